The van der Waals surface area contributed by atoms with Gasteiger partial charge < -0.3 is 15.4 Å². The normalized spacial score (nSPS) is 23.1. The van der Waals surface area contributed by atoms with Crippen molar-refractivity contribution in [3.8, 4) is 5.88 Å². The van der Waals surface area contributed by atoms with E-state index in [1.165, 1.54) is 19.4 Å². The lowest BCUT2D eigenvalue weighted by molar-refractivity contribution is 0.228. The maximum atomic E-state index is 6.19. The largest absolute Gasteiger partial charge is 0.473 e. The van der Waals surface area contributed by atoms with Crippen LogP contribution in [0.25, 0.3) is 0 Å². The Bertz CT molecular complexity index is 479. The van der Waals surface area contributed by atoms with Crippen molar-refractivity contribution in [2.75, 3.05) is 36.8 Å². The first kappa shape index (κ1) is 13.4. The molecular weight excluding hydrogens is 254 g/mol. The molecule has 0 aromatic carbocycles. The maximum Gasteiger partial charge on any atom is 0.242 e. The van der Waals surface area contributed by atoms with Crippen LogP contribution in [0.3, 0.4) is 0 Å². The molecule has 0 amide bonds. The van der Waals surface area contributed by atoms with Crippen LogP contribution in [-0.4, -0.2) is 53.2 Å². The molecule has 0 aliphatic carbocycles. The first-order chi connectivity index (χ1) is 9.65. The van der Waals surface area contributed by atoms with E-state index in [2.05, 4.69) is 19.8 Å². The van der Waals surface area contributed by atoms with E-state index in [0.717, 1.165) is 25.5 Å². The van der Waals surface area contributed by atoms with Gasteiger partial charge in [-0.15, -0.1) is 0 Å². The van der Waals surface area contributed by atoms with Crippen LogP contribution in [0, 0.1) is 0 Å². The number of piperazine rings is 1. The van der Waals surface area contributed by atoms with E-state index in [1.807, 2.05) is 13.8 Å². The molecule has 0 saturated carbocycles. The minimum atomic E-state index is 0.0618. The Morgan fingerprint density at radius 2 is 2.15 bits per heavy atom. The van der Waals surface area contributed by atoms with E-state index >= 15 is 0 Å². The topological polar surface area (TPSA) is 67.5 Å². The highest BCUT2D eigenvalue weighted by Crippen LogP contribution is 2.31. The van der Waals surface area contributed by atoms with Gasteiger partial charge in [-0.3, -0.25) is 4.90 Å². The molecule has 20 heavy (non-hydrogen) atoms. The number of fused-ring (bicyclic) bond motifs is 1. The summed E-state index contributed by atoms with van der Waals surface area (Å²) >= 11 is 0. The summed E-state index contributed by atoms with van der Waals surface area (Å²) in [6, 6.07) is 0.646. The summed E-state index contributed by atoms with van der Waals surface area (Å²) in [4.78, 5) is 13.4. The second-order valence-electron chi connectivity index (χ2n) is 5.86. The molecule has 1 aromatic heterocycles. The third-order valence-corrected chi connectivity index (χ3v) is 4.06. The van der Waals surface area contributed by atoms with Crippen LogP contribution in [0.2, 0.25) is 0 Å². The SMILES string of the molecule is CC(C)Oc1ncnc(N2CCN3CCCC3C2)c1N. The zero-order chi connectivity index (χ0) is 14.1. The molecule has 0 bridgehead atoms. The number of nitrogens with zero attached hydrogens (tertiary/aromatic N) is 4. The fourth-order valence-corrected chi connectivity index (χ4v) is 3.12. The molecule has 110 valence electrons. The average molecular weight is 277 g/mol. The number of nitrogens with two attached hydrogens (primary N) is 1. The van der Waals surface area contributed by atoms with Gasteiger partial charge in [0.25, 0.3) is 0 Å². The Morgan fingerprint density at radius 1 is 1.30 bits per heavy atom. The molecule has 0 spiro atoms. The number of hydrogen-bond acceptors (Lipinski definition) is 6. The molecule has 2 N–H and O–H groups in total. The van der Waals surface area contributed by atoms with Gasteiger partial charge in [-0.1, -0.05) is 0 Å². The summed E-state index contributed by atoms with van der Waals surface area (Å²) in [5.74, 6) is 1.32. The second-order valence-corrected chi connectivity index (χ2v) is 5.86. The quantitative estimate of drug-likeness (QED) is 0.893. The van der Waals surface area contributed by atoms with Crippen molar-refractivity contribution < 1.29 is 4.74 Å². The minimum absolute atomic E-state index is 0.0618. The zero-order valence-electron chi connectivity index (χ0n) is 12.2. The van der Waals surface area contributed by atoms with Crippen molar-refractivity contribution in [1.82, 2.24) is 14.9 Å². The van der Waals surface area contributed by atoms with Gasteiger partial charge in [-0.2, -0.15) is 4.98 Å². The van der Waals surface area contributed by atoms with Crippen LogP contribution in [0.1, 0.15) is 26.7 Å². The van der Waals surface area contributed by atoms with E-state index in [-0.39, 0.29) is 6.10 Å². The fraction of sp³-hybridized carbons (Fsp3) is 0.714. The summed E-state index contributed by atoms with van der Waals surface area (Å²) in [6.45, 7) is 8.24. The average Bonchev–Trinajstić information content (AvgIpc) is 2.88. The monoisotopic (exact) mass is 277 g/mol. The van der Waals surface area contributed by atoms with Crippen LogP contribution in [0.5, 0.6) is 5.88 Å². The summed E-state index contributed by atoms with van der Waals surface area (Å²) in [7, 11) is 0. The predicted molar refractivity (Wildman–Crippen MR) is 79.0 cm³/mol. The minimum Gasteiger partial charge on any atom is -0.473 e. The van der Waals surface area contributed by atoms with E-state index in [4.69, 9.17) is 10.5 Å². The Balaban J connectivity index is 1.79. The van der Waals surface area contributed by atoms with Crippen LogP contribution in [0.15, 0.2) is 6.33 Å². The van der Waals surface area contributed by atoms with Crippen LogP contribution in [-0.2, 0) is 0 Å². The molecular formula is C14H23N5O. The van der Waals surface area contributed by atoms with E-state index < -0.39 is 0 Å². The fourth-order valence-electron chi connectivity index (χ4n) is 3.12. The van der Waals surface area contributed by atoms with Crippen LogP contribution < -0.4 is 15.4 Å². The lowest BCUT2D eigenvalue weighted by atomic mass is 10.1. The predicted octanol–water partition coefficient (Wildman–Crippen LogP) is 1.13. The molecule has 1 aromatic rings. The van der Waals surface area contributed by atoms with Gasteiger partial charge in [0.15, 0.2) is 5.82 Å². The third-order valence-electron chi connectivity index (χ3n) is 4.06. The molecule has 0 radical (unpaired) electrons. The van der Waals surface area contributed by atoms with Crippen molar-refractivity contribution >= 4 is 11.5 Å². The smallest absolute Gasteiger partial charge is 0.242 e. The molecule has 2 saturated heterocycles. The Morgan fingerprint density at radius 3 is 2.95 bits per heavy atom. The van der Waals surface area contributed by atoms with Gasteiger partial charge in [-0.25, -0.2) is 4.98 Å². The molecule has 2 aliphatic heterocycles. The summed E-state index contributed by atoms with van der Waals surface area (Å²) < 4.78 is 5.65. The van der Waals surface area contributed by atoms with Gasteiger partial charge in [-0.05, 0) is 33.2 Å². The molecule has 6 nitrogen and oxygen atoms in total. The molecule has 2 fully saturated rings. The number of anilines is 2. The maximum absolute atomic E-state index is 6.19. The lowest BCUT2D eigenvalue weighted by Gasteiger charge is -2.38. The van der Waals surface area contributed by atoms with Gasteiger partial charge >= 0.3 is 0 Å². The highest BCUT2D eigenvalue weighted by atomic mass is 16.5. The number of rotatable bonds is 3. The van der Waals surface area contributed by atoms with Gasteiger partial charge in [0.2, 0.25) is 5.88 Å². The van der Waals surface area contributed by atoms with Crippen LogP contribution in [0.4, 0.5) is 11.5 Å². The third kappa shape index (κ3) is 2.52. The number of nitrogen functional groups attached to an aromatic ring is 1. The first-order valence-corrected chi connectivity index (χ1v) is 7.41. The molecule has 3 rings (SSSR count). The standard InChI is InChI=1S/C14H23N5O/c1-10(2)20-14-12(15)13(16-9-17-14)19-7-6-18-5-3-4-11(18)8-19/h9-11H,3-8,15H2,1-2H3. The van der Waals surface area contributed by atoms with Crippen LogP contribution >= 0.6 is 0 Å². The Labute approximate surface area is 119 Å². The zero-order valence-corrected chi connectivity index (χ0v) is 12.2. The number of ether oxygens (including phenoxy) is 1. The van der Waals surface area contributed by atoms with E-state index in [1.54, 1.807) is 6.33 Å². The lowest BCUT2D eigenvalue weighted by Crippen LogP contribution is -2.50. The van der Waals surface area contributed by atoms with E-state index in [0.29, 0.717) is 17.6 Å². The van der Waals surface area contributed by atoms with Gasteiger partial charge in [0, 0.05) is 25.7 Å². The number of aromatic nitrogens is 2. The molecule has 3 heterocycles. The number of hydrogen-bond donors (Lipinski definition) is 1. The van der Waals surface area contributed by atoms with Crippen molar-refractivity contribution in [3.63, 3.8) is 0 Å². The molecule has 1 unspecified atom stereocenters. The van der Waals surface area contributed by atoms with Crippen molar-refractivity contribution in [2.45, 2.75) is 38.8 Å². The highest BCUT2D eigenvalue weighted by Gasteiger charge is 2.32. The first-order valence-electron chi connectivity index (χ1n) is 7.41. The molecule has 6 heteroatoms. The Hall–Kier alpha value is -1.56. The summed E-state index contributed by atoms with van der Waals surface area (Å²) in [6.07, 6.45) is 4.19. The summed E-state index contributed by atoms with van der Waals surface area (Å²) in [5.41, 5.74) is 6.76. The van der Waals surface area contributed by atoms with Gasteiger partial charge in [0.05, 0.1) is 6.10 Å². The van der Waals surface area contributed by atoms with Crippen molar-refractivity contribution in [1.29, 1.82) is 0 Å². The summed E-state index contributed by atoms with van der Waals surface area (Å²) in [5, 5.41) is 0. The Kier molecular flexibility index (Phi) is 3.65. The van der Waals surface area contributed by atoms with Gasteiger partial charge in [0.1, 0.15) is 12.0 Å². The molecule has 2 aliphatic rings. The van der Waals surface area contributed by atoms with Crippen molar-refractivity contribution in [2.24, 2.45) is 0 Å². The molecule has 1 atom stereocenters. The van der Waals surface area contributed by atoms with E-state index in [9.17, 15) is 0 Å². The second kappa shape index (κ2) is 5.44. The highest BCUT2D eigenvalue weighted by molar-refractivity contribution is 5.68. The van der Waals surface area contributed by atoms with Crippen molar-refractivity contribution in [3.05, 3.63) is 6.33 Å².